The summed E-state index contributed by atoms with van der Waals surface area (Å²) in [4.78, 5) is 23.2. The molecule has 19 heavy (non-hydrogen) atoms. The number of nitrogens with zero attached hydrogens (tertiary/aromatic N) is 1. The number of aryl methyl sites for hydroxylation is 1. The molecule has 0 radical (unpaired) electrons. The van der Waals surface area contributed by atoms with E-state index in [9.17, 15) is 9.59 Å². The summed E-state index contributed by atoms with van der Waals surface area (Å²) in [5.74, 6) is -0.519. The lowest BCUT2D eigenvalue weighted by molar-refractivity contribution is -0.116. The maximum Gasteiger partial charge on any atom is 0.342 e. The second-order valence-electron chi connectivity index (χ2n) is 4.49. The van der Waals surface area contributed by atoms with Crippen molar-refractivity contribution >= 4 is 17.8 Å². The summed E-state index contributed by atoms with van der Waals surface area (Å²) in [6.07, 6.45) is 0.304. The summed E-state index contributed by atoms with van der Waals surface area (Å²) in [7, 11) is 1.22. The third-order valence-corrected chi connectivity index (χ3v) is 2.43. The van der Waals surface area contributed by atoms with E-state index < -0.39 is 5.97 Å². The van der Waals surface area contributed by atoms with Crippen LogP contribution in [0, 0.1) is 24.2 Å². The fraction of sp³-hybridized carbons (Fsp3) is 0.462. The van der Waals surface area contributed by atoms with Crippen molar-refractivity contribution in [2.24, 2.45) is 5.92 Å². The van der Waals surface area contributed by atoms with Gasteiger partial charge in [0.25, 0.3) is 0 Å². The smallest absolute Gasteiger partial charge is 0.342 e. The van der Waals surface area contributed by atoms with Gasteiger partial charge in [-0.05, 0) is 12.8 Å². The molecule has 0 aliphatic rings. The number of nitriles is 1. The Morgan fingerprint density at radius 3 is 2.58 bits per heavy atom. The molecule has 0 bridgehead atoms. The minimum atomic E-state index is -0.665. The lowest BCUT2D eigenvalue weighted by Crippen LogP contribution is -2.14. The number of esters is 1. The van der Waals surface area contributed by atoms with Gasteiger partial charge in [-0.25, -0.2) is 4.79 Å². The van der Waals surface area contributed by atoms with Crippen LogP contribution in [0.25, 0.3) is 0 Å². The van der Waals surface area contributed by atoms with Crippen LogP contribution in [0.5, 0.6) is 0 Å². The second kappa shape index (κ2) is 6.05. The maximum absolute atomic E-state index is 11.7. The Kier molecular flexibility index (Phi) is 4.70. The molecular formula is C13H16N2O4. The normalized spacial score (nSPS) is 10.1. The van der Waals surface area contributed by atoms with Gasteiger partial charge in [0, 0.05) is 6.42 Å². The van der Waals surface area contributed by atoms with Crippen LogP contribution in [-0.2, 0) is 9.53 Å². The van der Waals surface area contributed by atoms with Crippen LogP contribution in [0.2, 0.25) is 0 Å². The number of rotatable bonds is 4. The Morgan fingerprint density at radius 1 is 1.47 bits per heavy atom. The van der Waals surface area contributed by atoms with Crippen molar-refractivity contribution in [3.63, 3.8) is 0 Å². The zero-order chi connectivity index (χ0) is 14.6. The first-order valence-electron chi connectivity index (χ1n) is 5.82. The number of hydrogen-bond donors (Lipinski definition) is 1. The average molecular weight is 264 g/mol. The molecule has 0 atom stereocenters. The molecule has 0 saturated carbocycles. The maximum atomic E-state index is 11.7. The van der Waals surface area contributed by atoms with E-state index >= 15 is 0 Å². The molecule has 0 aromatic carbocycles. The summed E-state index contributed by atoms with van der Waals surface area (Å²) >= 11 is 0. The predicted octanol–water partition coefficient (Wildman–Crippen LogP) is 2.23. The number of ether oxygens (including phenoxy) is 1. The molecule has 0 aliphatic heterocycles. The van der Waals surface area contributed by atoms with Gasteiger partial charge < -0.3 is 9.15 Å². The number of amides is 1. The highest BCUT2D eigenvalue weighted by Crippen LogP contribution is 2.27. The summed E-state index contributed by atoms with van der Waals surface area (Å²) < 4.78 is 9.84. The first-order chi connectivity index (χ1) is 8.90. The third kappa shape index (κ3) is 3.35. The van der Waals surface area contributed by atoms with Crippen LogP contribution in [0.4, 0.5) is 5.88 Å². The molecular weight excluding hydrogens is 248 g/mol. The van der Waals surface area contributed by atoms with Gasteiger partial charge in [0.05, 0.1) is 7.11 Å². The largest absolute Gasteiger partial charge is 0.465 e. The Morgan fingerprint density at radius 2 is 2.11 bits per heavy atom. The van der Waals surface area contributed by atoms with Crippen molar-refractivity contribution in [1.82, 2.24) is 0 Å². The lowest BCUT2D eigenvalue weighted by Gasteiger charge is -2.04. The highest BCUT2D eigenvalue weighted by molar-refractivity contribution is 5.98. The van der Waals surface area contributed by atoms with E-state index in [-0.39, 0.29) is 34.6 Å². The number of anilines is 1. The molecule has 6 nitrogen and oxygen atoms in total. The SMILES string of the molecule is COC(=O)c1c(C)oc(NC(=O)CC(C)C)c1C#N. The van der Waals surface area contributed by atoms with Crippen LogP contribution in [0.3, 0.4) is 0 Å². The van der Waals surface area contributed by atoms with E-state index in [2.05, 4.69) is 10.1 Å². The fourth-order valence-electron chi connectivity index (χ4n) is 1.64. The molecule has 1 aromatic heterocycles. The predicted molar refractivity (Wildman–Crippen MR) is 67.6 cm³/mol. The van der Waals surface area contributed by atoms with E-state index in [1.165, 1.54) is 14.0 Å². The van der Waals surface area contributed by atoms with Gasteiger partial charge in [-0.3, -0.25) is 10.1 Å². The second-order valence-corrected chi connectivity index (χ2v) is 4.49. The quantitative estimate of drug-likeness (QED) is 0.842. The standard InChI is InChI=1S/C13H16N2O4/c1-7(2)5-10(16)15-12-9(6-14)11(8(3)19-12)13(17)18-4/h7H,5H2,1-4H3,(H,15,16). The number of methoxy groups -OCH3 is 1. The molecule has 0 unspecified atom stereocenters. The molecule has 1 amide bonds. The van der Waals surface area contributed by atoms with Crippen LogP contribution < -0.4 is 5.32 Å². The molecule has 0 spiro atoms. The monoisotopic (exact) mass is 264 g/mol. The van der Waals surface area contributed by atoms with Crippen molar-refractivity contribution in [2.75, 3.05) is 12.4 Å². The zero-order valence-corrected chi connectivity index (χ0v) is 11.4. The van der Waals surface area contributed by atoms with Gasteiger partial charge in [0.2, 0.25) is 11.8 Å². The topological polar surface area (TPSA) is 92.3 Å². The van der Waals surface area contributed by atoms with E-state index in [1.54, 1.807) is 0 Å². The molecule has 1 N–H and O–H groups in total. The molecule has 102 valence electrons. The first kappa shape index (κ1) is 14.8. The summed E-state index contributed by atoms with van der Waals surface area (Å²) in [5, 5.41) is 11.6. The molecule has 0 aliphatic carbocycles. The molecule has 6 heteroatoms. The lowest BCUT2D eigenvalue weighted by atomic mass is 10.1. The van der Waals surface area contributed by atoms with E-state index in [0.717, 1.165) is 0 Å². The van der Waals surface area contributed by atoms with Crippen molar-refractivity contribution in [3.8, 4) is 6.07 Å². The van der Waals surface area contributed by atoms with Crippen LogP contribution in [0.1, 0.15) is 41.9 Å². The number of carbonyl (C=O) groups excluding carboxylic acids is 2. The zero-order valence-electron chi connectivity index (χ0n) is 11.4. The molecule has 0 saturated heterocycles. The van der Waals surface area contributed by atoms with Gasteiger partial charge in [0.15, 0.2) is 0 Å². The van der Waals surface area contributed by atoms with E-state index in [4.69, 9.17) is 9.68 Å². The van der Waals surface area contributed by atoms with Gasteiger partial charge in [-0.2, -0.15) is 5.26 Å². The highest BCUT2D eigenvalue weighted by atomic mass is 16.5. The van der Waals surface area contributed by atoms with Gasteiger partial charge in [-0.15, -0.1) is 0 Å². The molecule has 0 fully saturated rings. The van der Waals surface area contributed by atoms with Crippen molar-refractivity contribution < 1.29 is 18.7 Å². The highest BCUT2D eigenvalue weighted by Gasteiger charge is 2.25. The van der Waals surface area contributed by atoms with E-state index in [1.807, 2.05) is 19.9 Å². The molecule has 1 heterocycles. The average Bonchev–Trinajstić information content (AvgIpc) is 2.62. The minimum Gasteiger partial charge on any atom is -0.465 e. The third-order valence-electron chi connectivity index (χ3n) is 2.43. The van der Waals surface area contributed by atoms with Crippen molar-refractivity contribution in [2.45, 2.75) is 27.2 Å². The van der Waals surface area contributed by atoms with Gasteiger partial charge >= 0.3 is 5.97 Å². The Balaban J connectivity index is 3.07. The Bertz CT molecular complexity index is 538. The molecule has 1 rings (SSSR count). The van der Waals surface area contributed by atoms with Gasteiger partial charge in [0.1, 0.15) is 23.0 Å². The summed E-state index contributed by atoms with van der Waals surface area (Å²) in [6.45, 7) is 5.33. The van der Waals surface area contributed by atoms with Crippen LogP contribution in [0.15, 0.2) is 4.42 Å². The van der Waals surface area contributed by atoms with E-state index in [0.29, 0.717) is 6.42 Å². The number of furan rings is 1. The Hall–Kier alpha value is -2.29. The Labute approximate surface area is 111 Å². The summed E-state index contributed by atoms with van der Waals surface area (Å²) in [5.41, 5.74) is 0.0336. The minimum absolute atomic E-state index is 0.00829. The number of hydrogen-bond acceptors (Lipinski definition) is 5. The summed E-state index contributed by atoms with van der Waals surface area (Å²) in [6, 6.07) is 1.85. The number of nitrogens with one attached hydrogen (secondary N) is 1. The van der Waals surface area contributed by atoms with Crippen molar-refractivity contribution in [1.29, 1.82) is 5.26 Å². The number of carbonyl (C=O) groups is 2. The van der Waals surface area contributed by atoms with Crippen molar-refractivity contribution in [3.05, 3.63) is 16.9 Å². The van der Waals surface area contributed by atoms with Gasteiger partial charge in [-0.1, -0.05) is 13.8 Å². The first-order valence-corrected chi connectivity index (χ1v) is 5.82. The fourth-order valence-corrected chi connectivity index (χ4v) is 1.64. The van der Waals surface area contributed by atoms with Crippen LogP contribution >= 0.6 is 0 Å². The molecule has 1 aromatic rings. The van der Waals surface area contributed by atoms with Crippen LogP contribution in [-0.4, -0.2) is 19.0 Å².